The second-order valence-electron chi connectivity index (χ2n) is 7.66. The smallest absolute Gasteiger partial charge is 0.230 e. The molecule has 3 saturated carbocycles. The van der Waals surface area contributed by atoms with Crippen molar-refractivity contribution in [3.8, 4) is 16.3 Å². The SMILES string of the molecule is COCCOc1cc(-c2cncs2)nc2ccc(NC(=O)C34CC(C3)C4)cc12. The Balaban J connectivity index is 1.48. The molecule has 0 unspecified atom stereocenters. The summed E-state index contributed by atoms with van der Waals surface area (Å²) >= 11 is 1.54. The Morgan fingerprint density at radius 3 is 2.82 bits per heavy atom. The highest BCUT2D eigenvalue weighted by molar-refractivity contribution is 7.13. The number of carbonyl (C=O) groups excluding carboxylic acids is 1. The van der Waals surface area contributed by atoms with Crippen molar-refractivity contribution in [2.45, 2.75) is 19.3 Å². The first kappa shape index (κ1) is 17.6. The summed E-state index contributed by atoms with van der Waals surface area (Å²) < 4.78 is 11.1. The fourth-order valence-electron chi connectivity index (χ4n) is 4.12. The first-order valence-corrected chi connectivity index (χ1v) is 10.3. The van der Waals surface area contributed by atoms with E-state index in [0.29, 0.717) is 13.2 Å². The fraction of sp³-hybridized carbons (Fsp3) is 0.381. The van der Waals surface area contributed by atoms with Gasteiger partial charge in [-0.25, -0.2) is 4.98 Å². The number of hydrogen-bond donors (Lipinski definition) is 1. The number of ether oxygens (including phenoxy) is 2. The molecular formula is C21H21N3O3S. The normalized spacial score (nSPS) is 22.4. The Morgan fingerprint density at radius 2 is 2.14 bits per heavy atom. The van der Waals surface area contributed by atoms with Crippen molar-refractivity contribution in [3.63, 3.8) is 0 Å². The van der Waals surface area contributed by atoms with E-state index in [1.807, 2.05) is 24.3 Å². The van der Waals surface area contributed by atoms with Crippen LogP contribution in [-0.4, -0.2) is 36.2 Å². The molecule has 0 saturated heterocycles. The summed E-state index contributed by atoms with van der Waals surface area (Å²) in [5, 5.41) is 3.97. The number of carbonyl (C=O) groups is 1. The zero-order valence-electron chi connectivity index (χ0n) is 15.6. The number of anilines is 1. The van der Waals surface area contributed by atoms with Crippen LogP contribution in [0.25, 0.3) is 21.5 Å². The lowest BCUT2D eigenvalue weighted by Gasteiger charge is -2.60. The Hall–Kier alpha value is -2.51. The van der Waals surface area contributed by atoms with E-state index in [-0.39, 0.29) is 11.3 Å². The van der Waals surface area contributed by atoms with E-state index in [0.717, 1.165) is 58.1 Å². The van der Waals surface area contributed by atoms with Crippen LogP contribution in [0.5, 0.6) is 5.75 Å². The number of methoxy groups -OCH3 is 1. The first-order valence-electron chi connectivity index (χ1n) is 9.44. The van der Waals surface area contributed by atoms with Gasteiger partial charge in [0.2, 0.25) is 5.91 Å². The lowest BCUT2D eigenvalue weighted by atomic mass is 9.44. The van der Waals surface area contributed by atoms with Crippen LogP contribution in [0.3, 0.4) is 0 Å². The molecule has 2 aromatic heterocycles. The first-order chi connectivity index (χ1) is 13.7. The van der Waals surface area contributed by atoms with E-state index in [4.69, 9.17) is 14.5 Å². The molecule has 0 atom stereocenters. The standard InChI is InChI=1S/C21H21N3O3S/c1-26-4-5-27-18-7-17(19-11-22-12-28-19)24-16-3-2-14(6-15(16)18)23-20(25)21-8-13(9-21)10-21/h2-3,6-7,11-13H,4-5,8-10H2,1H3,(H,23,25). The minimum Gasteiger partial charge on any atom is -0.490 e. The van der Waals surface area contributed by atoms with Crippen LogP contribution in [0.1, 0.15) is 19.3 Å². The maximum atomic E-state index is 12.6. The van der Waals surface area contributed by atoms with Gasteiger partial charge in [0.25, 0.3) is 0 Å². The number of pyridine rings is 1. The molecule has 3 aliphatic rings. The molecule has 1 N–H and O–H groups in total. The van der Waals surface area contributed by atoms with Crippen LogP contribution in [-0.2, 0) is 9.53 Å². The van der Waals surface area contributed by atoms with Gasteiger partial charge in [-0.15, -0.1) is 11.3 Å². The highest BCUT2D eigenvalue weighted by atomic mass is 32.1. The summed E-state index contributed by atoms with van der Waals surface area (Å²) in [6.45, 7) is 0.943. The third-order valence-electron chi connectivity index (χ3n) is 5.78. The zero-order chi connectivity index (χ0) is 19.1. The monoisotopic (exact) mass is 395 g/mol. The molecule has 144 valence electrons. The number of aromatic nitrogens is 2. The Bertz CT molecular complexity index is 1020. The lowest BCUT2D eigenvalue weighted by Crippen LogP contribution is -2.58. The van der Waals surface area contributed by atoms with Gasteiger partial charge in [-0.3, -0.25) is 9.78 Å². The summed E-state index contributed by atoms with van der Waals surface area (Å²) in [6, 6.07) is 7.72. The van der Waals surface area contributed by atoms with Gasteiger partial charge in [-0.2, -0.15) is 0 Å². The van der Waals surface area contributed by atoms with Gasteiger partial charge in [0.15, 0.2) is 0 Å². The van der Waals surface area contributed by atoms with Crippen molar-refractivity contribution in [2.75, 3.05) is 25.6 Å². The van der Waals surface area contributed by atoms with Crippen molar-refractivity contribution in [1.29, 1.82) is 0 Å². The number of hydrogen-bond acceptors (Lipinski definition) is 6. The van der Waals surface area contributed by atoms with Crippen LogP contribution in [0.4, 0.5) is 5.69 Å². The van der Waals surface area contributed by atoms with Gasteiger partial charge in [-0.05, 0) is 43.4 Å². The molecular weight excluding hydrogens is 374 g/mol. The quantitative estimate of drug-likeness (QED) is 0.609. The fourth-order valence-corrected chi connectivity index (χ4v) is 4.70. The summed E-state index contributed by atoms with van der Waals surface area (Å²) in [6.07, 6.45) is 4.92. The predicted octanol–water partition coefficient (Wildman–Crippen LogP) is 4.12. The molecule has 6 rings (SSSR count). The minimum absolute atomic E-state index is 0.105. The molecule has 0 spiro atoms. The van der Waals surface area contributed by atoms with Crippen molar-refractivity contribution < 1.29 is 14.3 Å². The van der Waals surface area contributed by atoms with Crippen LogP contribution in [0.2, 0.25) is 0 Å². The summed E-state index contributed by atoms with van der Waals surface area (Å²) in [5.41, 5.74) is 4.11. The van der Waals surface area contributed by atoms with Crippen molar-refractivity contribution in [1.82, 2.24) is 9.97 Å². The third kappa shape index (κ3) is 2.95. The topological polar surface area (TPSA) is 73.3 Å². The number of nitrogens with zero attached hydrogens (tertiary/aromatic N) is 2. The largest absolute Gasteiger partial charge is 0.490 e. The van der Waals surface area contributed by atoms with E-state index >= 15 is 0 Å². The zero-order valence-corrected chi connectivity index (χ0v) is 16.4. The van der Waals surface area contributed by atoms with Crippen LogP contribution in [0, 0.1) is 11.3 Å². The van der Waals surface area contributed by atoms with Gasteiger partial charge in [-0.1, -0.05) is 0 Å². The molecule has 3 aliphatic carbocycles. The Morgan fingerprint density at radius 1 is 1.29 bits per heavy atom. The molecule has 6 nitrogen and oxygen atoms in total. The molecule has 2 heterocycles. The number of fused-ring (bicyclic) bond motifs is 1. The van der Waals surface area contributed by atoms with Gasteiger partial charge in [0.05, 0.1) is 33.6 Å². The maximum Gasteiger partial charge on any atom is 0.230 e. The molecule has 0 aliphatic heterocycles. The summed E-state index contributed by atoms with van der Waals surface area (Å²) in [7, 11) is 1.65. The number of thiazole rings is 1. The summed E-state index contributed by atoms with van der Waals surface area (Å²) in [5.74, 6) is 1.65. The predicted molar refractivity (Wildman–Crippen MR) is 109 cm³/mol. The number of nitrogens with one attached hydrogen (secondary N) is 1. The Kier molecular flexibility index (Phi) is 4.29. The highest BCUT2D eigenvalue weighted by Gasteiger charge is 2.61. The number of benzene rings is 1. The van der Waals surface area contributed by atoms with Gasteiger partial charge in [0.1, 0.15) is 12.4 Å². The van der Waals surface area contributed by atoms with E-state index in [1.54, 1.807) is 18.8 Å². The molecule has 3 fully saturated rings. The van der Waals surface area contributed by atoms with E-state index in [1.165, 1.54) is 11.3 Å². The molecule has 1 aromatic carbocycles. The van der Waals surface area contributed by atoms with Gasteiger partial charge >= 0.3 is 0 Å². The molecule has 2 bridgehead atoms. The Labute approximate surface area is 166 Å². The third-order valence-corrected chi connectivity index (χ3v) is 6.57. The van der Waals surface area contributed by atoms with Gasteiger partial charge < -0.3 is 14.8 Å². The maximum absolute atomic E-state index is 12.6. The minimum atomic E-state index is -0.105. The van der Waals surface area contributed by atoms with Crippen molar-refractivity contribution >= 4 is 33.8 Å². The molecule has 7 heteroatoms. The van der Waals surface area contributed by atoms with Crippen LogP contribution < -0.4 is 10.1 Å². The molecule has 1 amide bonds. The van der Waals surface area contributed by atoms with E-state index in [9.17, 15) is 4.79 Å². The molecule has 3 aromatic rings. The number of amides is 1. The highest BCUT2D eigenvalue weighted by Crippen LogP contribution is 2.64. The number of rotatable bonds is 7. The van der Waals surface area contributed by atoms with Crippen LogP contribution >= 0.6 is 11.3 Å². The molecule has 0 radical (unpaired) electrons. The lowest BCUT2D eigenvalue weighted by molar-refractivity contribution is -0.158. The van der Waals surface area contributed by atoms with E-state index in [2.05, 4.69) is 10.3 Å². The second kappa shape index (κ2) is 6.83. The average Bonchev–Trinajstić information content (AvgIpc) is 3.14. The van der Waals surface area contributed by atoms with Crippen molar-refractivity contribution in [2.24, 2.45) is 11.3 Å². The van der Waals surface area contributed by atoms with Crippen molar-refractivity contribution in [3.05, 3.63) is 36.0 Å². The molecule has 28 heavy (non-hydrogen) atoms. The summed E-state index contributed by atoms with van der Waals surface area (Å²) in [4.78, 5) is 22.5. The van der Waals surface area contributed by atoms with E-state index < -0.39 is 0 Å². The van der Waals surface area contributed by atoms with Gasteiger partial charge in [0, 0.05) is 30.4 Å². The second-order valence-corrected chi connectivity index (χ2v) is 8.54. The average molecular weight is 395 g/mol. The van der Waals surface area contributed by atoms with Crippen LogP contribution in [0.15, 0.2) is 36.0 Å².